The minimum atomic E-state index is -2.10. The molecule has 0 radical (unpaired) electrons. The fourth-order valence-corrected chi connectivity index (χ4v) is 5.27. The van der Waals surface area contributed by atoms with Crippen LogP contribution in [0.2, 0.25) is 19.1 Å². The van der Waals surface area contributed by atoms with E-state index in [1.807, 2.05) is 6.92 Å². The summed E-state index contributed by atoms with van der Waals surface area (Å²) in [7, 11) is -1.48. The molecule has 0 aromatic heterocycles. The van der Waals surface area contributed by atoms with Gasteiger partial charge in [0.1, 0.15) is 0 Å². The summed E-state index contributed by atoms with van der Waals surface area (Å²) in [6.07, 6.45) is 7.50. The molecule has 1 nitrogen and oxygen atoms in total. The summed E-state index contributed by atoms with van der Waals surface area (Å²) in [5, 5.41) is 0. The lowest BCUT2D eigenvalue weighted by molar-refractivity contribution is 0.327. The summed E-state index contributed by atoms with van der Waals surface area (Å²) in [5.74, 6) is -9.23. The third-order valence-electron chi connectivity index (χ3n) is 4.79. The molecule has 1 aromatic carbocycles. The quantitative estimate of drug-likeness (QED) is 0.109. The molecule has 7 heteroatoms. The van der Waals surface area contributed by atoms with E-state index in [2.05, 4.69) is 13.1 Å². The Bertz CT molecular complexity index is 563. The van der Waals surface area contributed by atoms with Crippen LogP contribution in [0, 0.1) is 29.1 Å². The van der Waals surface area contributed by atoms with Crippen LogP contribution in [0.25, 0.3) is 0 Å². The van der Waals surface area contributed by atoms with Gasteiger partial charge in [0.05, 0.1) is 0 Å². The normalized spacial score (nSPS) is 12.0. The van der Waals surface area contributed by atoms with E-state index >= 15 is 0 Å². The summed E-state index contributed by atoms with van der Waals surface area (Å²) in [5.41, 5.74) is -0.701. The molecule has 0 saturated carbocycles. The smallest absolute Gasteiger partial charge is 0.200 e. The summed E-state index contributed by atoms with van der Waals surface area (Å²) in [6, 6.07) is 1.17. The van der Waals surface area contributed by atoms with Crippen molar-refractivity contribution in [2.75, 3.05) is 6.61 Å². The van der Waals surface area contributed by atoms with Gasteiger partial charge < -0.3 is 4.43 Å². The first kappa shape index (κ1) is 24.1. The van der Waals surface area contributed by atoms with Crippen molar-refractivity contribution in [1.29, 1.82) is 0 Å². The van der Waals surface area contributed by atoms with Gasteiger partial charge >= 0.3 is 0 Å². The number of hydrogen-bond donors (Lipinski definition) is 0. The van der Waals surface area contributed by atoms with E-state index in [0.29, 0.717) is 12.8 Å². The Morgan fingerprint density at radius 2 is 1.04 bits per heavy atom. The molecule has 0 amide bonds. The molecule has 0 aliphatic carbocycles. The van der Waals surface area contributed by atoms with Crippen molar-refractivity contribution < 1.29 is 26.4 Å². The molecule has 1 rings (SSSR count). The van der Waals surface area contributed by atoms with Crippen LogP contribution in [0.1, 0.15) is 63.9 Å². The summed E-state index contributed by atoms with van der Waals surface area (Å²) < 4.78 is 72.2. The van der Waals surface area contributed by atoms with Crippen LogP contribution < -0.4 is 0 Å². The largest absolute Gasteiger partial charge is 0.418 e. The van der Waals surface area contributed by atoms with E-state index in [4.69, 9.17) is 4.43 Å². The zero-order valence-electron chi connectivity index (χ0n) is 16.6. The molecule has 0 saturated heterocycles. The maximum atomic E-state index is 13.6. The maximum Gasteiger partial charge on any atom is 0.200 e. The topological polar surface area (TPSA) is 9.23 Å². The number of hydrogen-bond acceptors (Lipinski definition) is 1. The molecular weight excluding hydrogens is 379 g/mol. The van der Waals surface area contributed by atoms with E-state index in [1.54, 1.807) is 0 Å². The minimum Gasteiger partial charge on any atom is -0.418 e. The Labute approximate surface area is 160 Å². The standard InChI is InChI=1S/C20H31F5OSi/c1-4-26-27(2,3)14-12-10-8-6-5-7-9-11-13-15-16(21)18(23)20(25)19(24)17(15)22/h4-14H2,1-3H3. The van der Waals surface area contributed by atoms with Gasteiger partial charge in [0.2, 0.25) is 5.82 Å². The third kappa shape index (κ3) is 7.90. The fraction of sp³-hybridized carbons (Fsp3) is 0.700. The molecule has 0 N–H and O–H groups in total. The molecule has 0 aliphatic rings. The lowest BCUT2D eigenvalue weighted by atomic mass is 10.0. The maximum absolute atomic E-state index is 13.6. The lowest BCUT2D eigenvalue weighted by Crippen LogP contribution is -2.29. The van der Waals surface area contributed by atoms with Gasteiger partial charge in [0.15, 0.2) is 31.6 Å². The molecule has 0 bridgehead atoms. The average Bonchev–Trinajstić information content (AvgIpc) is 2.62. The molecule has 0 atom stereocenters. The highest BCUT2D eigenvalue weighted by Gasteiger charge is 2.25. The molecule has 0 spiro atoms. The Kier molecular flexibility index (Phi) is 10.5. The molecule has 0 fully saturated rings. The van der Waals surface area contributed by atoms with Crippen LogP contribution in [0.4, 0.5) is 22.0 Å². The number of rotatable bonds is 13. The summed E-state index contributed by atoms with van der Waals surface area (Å²) in [4.78, 5) is 0. The first-order valence-electron chi connectivity index (χ1n) is 9.85. The van der Waals surface area contributed by atoms with Crippen LogP contribution in [-0.2, 0) is 10.8 Å². The molecule has 1 aromatic rings. The van der Waals surface area contributed by atoms with Gasteiger partial charge in [0.25, 0.3) is 0 Å². The first-order valence-corrected chi connectivity index (χ1v) is 13.0. The van der Waals surface area contributed by atoms with E-state index in [9.17, 15) is 22.0 Å². The average molecular weight is 411 g/mol. The van der Waals surface area contributed by atoms with Crippen molar-refractivity contribution in [3.05, 3.63) is 34.6 Å². The van der Waals surface area contributed by atoms with Crippen molar-refractivity contribution >= 4 is 8.32 Å². The SMILES string of the molecule is CCO[Si](C)(C)CCCCCCCCCCc1c(F)c(F)c(F)c(F)c1F. The molecule has 27 heavy (non-hydrogen) atoms. The zero-order valence-corrected chi connectivity index (χ0v) is 17.6. The van der Waals surface area contributed by atoms with Gasteiger partial charge in [-0.15, -0.1) is 0 Å². The Balaban J connectivity index is 2.17. The van der Waals surface area contributed by atoms with Crippen molar-refractivity contribution in [3.63, 3.8) is 0 Å². The predicted molar refractivity (Wildman–Crippen MR) is 101 cm³/mol. The van der Waals surface area contributed by atoms with Gasteiger partial charge in [-0.2, -0.15) is 0 Å². The van der Waals surface area contributed by atoms with Crippen molar-refractivity contribution in [2.45, 2.75) is 83.8 Å². The van der Waals surface area contributed by atoms with Crippen molar-refractivity contribution in [1.82, 2.24) is 0 Å². The highest BCUT2D eigenvalue weighted by Crippen LogP contribution is 2.25. The second-order valence-corrected chi connectivity index (χ2v) is 11.9. The Morgan fingerprint density at radius 1 is 0.630 bits per heavy atom. The molecule has 0 unspecified atom stereocenters. The Hall–Kier alpha value is -0.953. The molecule has 156 valence electrons. The number of benzene rings is 1. The van der Waals surface area contributed by atoms with E-state index in [-0.39, 0.29) is 6.42 Å². The fourth-order valence-electron chi connectivity index (χ4n) is 3.25. The molecular formula is C20H31F5OSi. The van der Waals surface area contributed by atoms with Crippen LogP contribution in [0.5, 0.6) is 0 Å². The predicted octanol–water partition coefficient (Wildman–Crippen LogP) is 7.29. The van der Waals surface area contributed by atoms with Gasteiger partial charge in [0, 0.05) is 12.2 Å². The van der Waals surface area contributed by atoms with Gasteiger partial charge in [-0.3, -0.25) is 0 Å². The van der Waals surface area contributed by atoms with E-state index in [1.165, 1.54) is 18.9 Å². The second kappa shape index (κ2) is 11.8. The van der Waals surface area contributed by atoms with Gasteiger partial charge in [-0.1, -0.05) is 44.9 Å². The van der Waals surface area contributed by atoms with Gasteiger partial charge in [-0.25, -0.2) is 22.0 Å². The molecule has 0 aliphatic heterocycles. The zero-order chi connectivity index (χ0) is 20.4. The van der Waals surface area contributed by atoms with Crippen molar-refractivity contribution in [2.24, 2.45) is 0 Å². The van der Waals surface area contributed by atoms with Gasteiger partial charge in [-0.05, 0) is 38.9 Å². The first-order chi connectivity index (χ1) is 12.7. The monoisotopic (exact) mass is 410 g/mol. The van der Waals surface area contributed by atoms with Crippen LogP contribution >= 0.6 is 0 Å². The van der Waals surface area contributed by atoms with Crippen LogP contribution in [0.15, 0.2) is 0 Å². The van der Waals surface area contributed by atoms with E-state index < -0.39 is 43.0 Å². The second-order valence-electron chi connectivity index (χ2n) is 7.57. The highest BCUT2D eigenvalue weighted by atomic mass is 28.4. The van der Waals surface area contributed by atoms with Crippen LogP contribution in [0.3, 0.4) is 0 Å². The van der Waals surface area contributed by atoms with Crippen molar-refractivity contribution in [3.8, 4) is 0 Å². The summed E-state index contributed by atoms with van der Waals surface area (Å²) >= 11 is 0. The third-order valence-corrected chi connectivity index (χ3v) is 7.42. The van der Waals surface area contributed by atoms with E-state index in [0.717, 1.165) is 32.3 Å². The highest BCUT2D eigenvalue weighted by molar-refractivity contribution is 6.71. The minimum absolute atomic E-state index is 0.136. The lowest BCUT2D eigenvalue weighted by Gasteiger charge is -2.21. The molecule has 0 heterocycles. The number of unbranched alkanes of at least 4 members (excludes halogenated alkanes) is 7. The Morgan fingerprint density at radius 3 is 1.52 bits per heavy atom. The van der Waals surface area contributed by atoms with Crippen LogP contribution in [-0.4, -0.2) is 14.9 Å². The number of halogens is 5. The summed E-state index contributed by atoms with van der Waals surface area (Å²) in [6.45, 7) is 7.28.